The molecule has 2 aliphatic carbocycles. The van der Waals surface area contributed by atoms with E-state index in [1.807, 2.05) is 18.2 Å². The quantitative estimate of drug-likeness (QED) is 0.780. The minimum atomic E-state index is -0.0930. The van der Waals surface area contributed by atoms with E-state index in [1.165, 1.54) is 36.1 Å². The molecule has 0 bridgehead atoms. The summed E-state index contributed by atoms with van der Waals surface area (Å²) in [5.41, 5.74) is 4.36. The Balaban J connectivity index is 1.49. The Morgan fingerprint density at radius 3 is 2.65 bits per heavy atom. The van der Waals surface area contributed by atoms with E-state index >= 15 is 0 Å². The number of hydrogen-bond donors (Lipinski definition) is 1. The Labute approximate surface area is 187 Å². The highest BCUT2D eigenvalue weighted by atomic mass is 32.1. The lowest BCUT2D eigenvalue weighted by Gasteiger charge is -2.25. The average Bonchev–Trinajstić information content (AvgIpc) is 3.12. The zero-order chi connectivity index (χ0) is 21.2. The first kappa shape index (κ1) is 20.4. The van der Waals surface area contributed by atoms with Gasteiger partial charge in [-0.1, -0.05) is 49.6 Å². The summed E-state index contributed by atoms with van der Waals surface area (Å²) in [7, 11) is 0. The molecule has 0 saturated heterocycles. The van der Waals surface area contributed by atoms with Crippen LogP contribution in [-0.2, 0) is 22.4 Å². The average molecular weight is 436 g/mol. The fraction of sp³-hybridized carbons (Fsp3) is 0.480. The fourth-order valence-corrected chi connectivity index (χ4v) is 6.47. The second-order valence-corrected chi connectivity index (χ2v) is 9.89. The lowest BCUT2D eigenvalue weighted by Crippen LogP contribution is -2.45. The van der Waals surface area contributed by atoms with Crippen molar-refractivity contribution < 1.29 is 9.59 Å². The number of nitrogens with one attached hydrogen (secondary N) is 1. The number of thiophene rings is 1. The van der Waals surface area contributed by atoms with E-state index in [0.29, 0.717) is 0 Å². The van der Waals surface area contributed by atoms with Crippen molar-refractivity contribution >= 4 is 33.9 Å². The van der Waals surface area contributed by atoms with Gasteiger partial charge in [-0.2, -0.15) is 0 Å². The van der Waals surface area contributed by atoms with Gasteiger partial charge >= 0.3 is 0 Å². The third-order valence-corrected chi connectivity index (χ3v) is 7.94. The molecule has 6 heteroatoms. The number of benzene rings is 1. The van der Waals surface area contributed by atoms with Crippen molar-refractivity contribution in [2.45, 2.75) is 63.8 Å². The molecule has 0 atom stereocenters. The van der Waals surface area contributed by atoms with Crippen molar-refractivity contribution in [1.82, 2.24) is 5.32 Å². The molecule has 0 spiro atoms. The monoisotopic (exact) mass is 435 g/mol. The molecule has 1 N–H and O–H groups in total. The van der Waals surface area contributed by atoms with Crippen LogP contribution in [0, 0.1) is 0 Å². The summed E-state index contributed by atoms with van der Waals surface area (Å²) in [5.74, 6) is -0.148. The molecule has 1 aromatic carbocycles. The van der Waals surface area contributed by atoms with Crippen molar-refractivity contribution in [3.63, 3.8) is 0 Å². The number of aryl methyl sites for hydroxylation is 1. The third-order valence-electron chi connectivity index (χ3n) is 6.63. The van der Waals surface area contributed by atoms with Crippen molar-refractivity contribution in [3.8, 4) is 0 Å². The SMILES string of the molecule is O=C(CN1C(=O)CN=C(c2ccccc2)c2c1sc1c2CCCC1)NC1CCCCC1. The first-order chi connectivity index (χ1) is 15.2. The van der Waals surface area contributed by atoms with E-state index in [0.717, 1.165) is 53.9 Å². The van der Waals surface area contributed by atoms with E-state index in [1.54, 1.807) is 16.2 Å². The lowest BCUT2D eigenvalue weighted by molar-refractivity contribution is -0.123. The van der Waals surface area contributed by atoms with Crippen LogP contribution >= 0.6 is 11.3 Å². The molecule has 1 aliphatic heterocycles. The maximum atomic E-state index is 13.1. The van der Waals surface area contributed by atoms with Crippen LogP contribution in [0.4, 0.5) is 5.00 Å². The highest BCUT2D eigenvalue weighted by Gasteiger charge is 2.33. The van der Waals surface area contributed by atoms with Crippen LogP contribution in [0.2, 0.25) is 0 Å². The number of hydrogen-bond acceptors (Lipinski definition) is 4. The maximum Gasteiger partial charge on any atom is 0.249 e. The van der Waals surface area contributed by atoms with Gasteiger partial charge in [0.2, 0.25) is 11.8 Å². The van der Waals surface area contributed by atoms with Crippen LogP contribution in [0.5, 0.6) is 0 Å². The zero-order valence-corrected chi connectivity index (χ0v) is 18.7. The molecule has 0 unspecified atom stereocenters. The minimum Gasteiger partial charge on any atom is -0.352 e. The summed E-state index contributed by atoms with van der Waals surface area (Å²) in [6.07, 6.45) is 10.1. The van der Waals surface area contributed by atoms with Crippen LogP contribution in [0.3, 0.4) is 0 Å². The molecule has 31 heavy (non-hydrogen) atoms. The number of amides is 2. The van der Waals surface area contributed by atoms with E-state index in [4.69, 9.17) is 4.99 Å². The smallest absolute Gasteiger partial charge is 0.249 e. The van der Waals surface area contributed by atoms with Crippen molar-refractivity contribution in [1.29, 1.82) is 0 Å². The molecule has 0 radical (unpaired) electrons. The second-order valence-electron chi connectivity index (χ2n) is 8.80. The Morgan fingerprint density at radius 2 is 1.84 bits per heavy atom. The highest BCUT2D eigenvalue weighted by molar-refractivity contribution is 7.17. The zero-order valence-electron chi connectivity index (χ0n) is 17.9. The van der Waals surface area contributed by atoms with Crippen molar-refractivity contribution in [2.24, 2.45) is 4.99 Å². The Kier molecular flexibility index (Phi) is 5.90. The summed E-state index contributed by atoms with van der Waals surface area (Å²) in [6.45, 7) is 0.163. The fourth-order valence-electron chi connectivity index (χ4n) is 5.07. The first-order valence-corrected chi connectivity index (χ1v) is 12.4. The van der Waals surface area contributed by atoms with Gasteiger partial charge in [0, 0.05) is 22.0 Å². The number of anilines is 1. The van der Waals surface area contributed by atoms with Gasteiger partial charge in [-0.05, 0) is 44.1 Å². The van der Waals surface area contributed by atoms with Gasteiger partial charge < -0.3 is 5.32 Å². The molecule has 5 rings (SSSR count). The van der Waals surface area contributed by atoms with Gasteiger partial charge in [-0.25, -0.2) is 0 Å². The van der Waals surface area contributed by atoms with E-state index in [9.17, 15) is 9.59 Å². The topological polar surface area (TPSA) is 61.8 Å². The van der Waals surface area contributed by atoms with Gasteiger partial charge in [0.15, 0.2) is 0 Å². The molecule has 5 nitrogen and oxygen atoms in total. The molecule has 2 aromatic rings. The number of nitrogens with zero attached hydrogens (tertiary/aromatic N) is 2. The van der Waals surface area contributed by atoms with Crippen LogP contribution in [0.15, 0.2) is 35.3 Å². The Morgan fingerprint density at radius 1 is 1.06 bits per heavy atom. The molecular weight excluding hydrogens is 406 g/mol. The third kappa shape index (κ3) is 4.18. The van der Waals surface area contributed by atoms with Crippen LogP contribution < -0.4 is 10.2 Å². The van der Waals surface area contributed by atoms with Crippen molar-refractivity contribution in [3.05, 3.63) is 51.9 Å². The number of carbonyl (C=O) groups is 2. The Hall–Kier alpha value is -2.47. The van der Waals surface area contributed by atoms with Gasteiger partial charge in [0.05, 0.1) is 5.71 Å². The second kappa shape index (κ2) is 8.95. The van der Waals surface area contributed by atoms with Gasteiger partial charge in [0.1, 0.15) is 18.1 Å². The molecule has 162 valence electrons. The summed E-state index contributed by atoms with van der Waals surface area (Å²) in [5, 5.41) is 4.09. The Bertz CT molecular complexity index is 1010. The van der Waals surface area contributed by atoms with E-state index in [-0.39, 0.29) is 30.9 Å². The first-order valence-electron chi connectivity index (χ1n) is 11.5. The van der Waals surface area contributed by atoms with Gasteiger partial charge in [-0.15, -0.1) is 11.3 Å². The van der Waals surface area contributed by atoms with Crippen LogP contribution in [0.25, 0.3) is 0 Å². The van der Waals surface area contributed by atoms with E-state index in [2.05, 4.69) is 17.4 Å². The highest BCUT2D eigenvalue weighted by Crippen LogP contribution is 2.42. The van der Waals surface area contributed by atoms with Gasteiger partial charge in [0.25, 0.3) is 0 Å². The van der Waals surface area contributed by atoms with Gasteiger partial charge in [-0.3, -0.25) is 19.5 Å². The van der Waals surface area contributed by atoms with E-state index < -0.39 is 0 Å². The molecule has 1 saturated carbocycles. The number of aliphatic imine (C=N–C) groups is 1. The molecule has 1 fully saturated rings. The van der Waals surface area contributed by atoms with Crippen molar-refractivity contribution in [2.75, 3.05) is 18.0 Å². The standard InChI is InChI=1S/C25H29N3O2S/c29-21(27-18-11-5-2-6-12-18)16-28-22(30)15-26-24(17-9-3-1-4-10-17)23-19-13-7-8-14-20(19)31-25(23)28/h1,3-4,9-10,18H,2,5-8,11-16H2,(H,27,29). The summed E-state index contributed by atoms with van der Waals surface area (Å²) >= 11 is 1.69. The predicted molar refractivity (Wildman–Crippen MR) is 125 cm³/mol. The predicted octanol–water partition coefficient (Wildman–Crippen LogP) is 4.26. The minimum absolute atomic E-state index is 0.0549. The summed E-state index contributed by atoms with van der Waals surface area (Å²) < 4.78 is 0. The molecule has 3 aliphatic rings. The number of carbonyl (C=O) groups excluding carboxylic acids is 2. The lowest BCUT2D eigenvalue weighted by atomic mass is 9.91. The molecule has 1 aromatic heterocycles. The van der Waals surface area contributed by atoms with Crippen LogP contribution in [0.1, 0.15) is 66.5 Å². The number of fused-ring (bicyclic) bond motifs is 3. The molecular formula is C25H29N3O2S. The summed E-state index contributed by atoms with van der Waals surface area (Å²) in [6, 6.07) is 10.4. The largest absolute Gasteiger partial charge is 0.352 e. The summed E-state index contributed by atoms with van der Waals surface area (Å²) in [4.78, 5) is 33.9. The normalized spacial score (nSPS) is 19.3. The molecule has 2 amide bonds. The number of rotatable bonds is 4. The maximum absolute atomic E-state index is 13.1. The van der Waals surface area contributed by atoms with Crippen LogP contribution in [-0.4, -0.2) is 36.7 Å². The molecule has 2 heterocycles.